The van der Waals surface area contributed by atoms with Gasteiger partial charge in [-0.3, -0.25) is 29.7 Å². The Morgan fingerprint density at radius 2 is 1.69 bits per heavy atom. The summed E-state index contributed by atoms with van der Waals surface area (Å²) < 4.78 is 0. The number of fused-ring (bicyclic) bond motifs is 2. The predicted octanol–water partition coefficient (Wildman–Crippen LogP) is 5.08. The largest absolute Gasteiger partial charge is 0.353 e. The van der Waals surface area contributed by atoms with E-state index in [2.05, 4.69) is 60.2 Å². The van der Waals surface area contributed by atoms with Gasteiger partial charge in [0.25, 0.3) is 5.91 Å². The maximum atomic E-state index is 13.6. The molecule has 51 heavy (non-hydrogen) atoms. The van der Waals surface area contributed by atoms with Crippen LogP contribution >= 0.6 is 0 Å². The fraction of sp³-hybridized carbons (Fsp3) is 0.538. The first-order valence-corrected chi connectivity index (χ1v) is 18.8. The van der Waals surface area contributed by atoms with Gasteiger partial charge in [-0.05, 0) is 68.1 Å². The molecule has 3 N–H and O–H groups in total. The predicted molar refractivity (Wildman–Crippen MR) is 197 cm³/mol. The van der Waals surface area contributed by atoms with E-state index >= 15 is 0 Å². The zero-order valence-corrected chi connectivity index (χ0v) is 30.4. The van der Waals surface area contributed by atoms with Crippen LogP contribution in [0, 0.1) is 11.3 Å². The van der Waals surface area contributed by atoms with Crippen LogP contribution in [0.1, 0.15) is 92.9 Å². The lowest BCUT2D eigenvalue weighted by atomic mass is 9.76. The van der Waals surface area contributed by atoms with Crippen LogP contribution in [-0.2, 0) is 22.4 Å². The quantitative estimate of drug-likeness (QED) is 0.237. The summed E-state index contributed by atoms with van der Waals surface area (Å²) >= 11 is 0. The Bertz CT molecular complexity index is 1880. The second-order valence-corrected chi connectivity index (χ2v) is 15.2. The Balaban J connectivity index is 0.00000200. The summed E-state index contributed by atoms with van der Waals surface area (Å²) in [6.07, 6.45) is 9.63. The van der Waals surface area contributed by atoms with Crippen molar-refractivity contribution in [2.45, 2.75) is 78.6 Å². The van der Waals surface area contributed by atoms with Gasteiger partial charge in [0.2, 0.25) is 17.8 Å². The minimum atomic E-state index is -0.365. The Morgan fingerprint density at radius 1 is 0.941 bits per heavy atom. The monoisotopic (exact) mass is 693 g/mol. The minimum absolute atomic E-state index is 0.0917. The lowest BCUT2D eigenvalue weighted by Gasteiger charge is -2.39. The lowest BCUT2D eigenvalue weighted by molar-refractivity contribution is -0.134. The molecule has 3 aliphatic heterocycles. The third kappa shape index (κ3) is 7.42. The van der Waals surface area contributed by atoms with E-state index in [1.165, 1.54) is 11.3 Å². The molecule has 8 rings (SSSR count). The zero-order valence-electron chi connectivity index (χ0n) is 30.4. The Hall–Kier alpha value is -4.58. The molecule has 0 spiro atoms. The van der Waals surface area contributed by atoms with E-state index in [4.69, 9.17) is 0 Å². The van der Waals surface area contributed by atoms with Gasteiger partial charge in [-0.1, -0.05) is 33.8 Å². The number of aromatic nitrogens is 5. The van der Waals surface area contributed by atoms with Gasteiger partial charge in [-0.2, -0.15) is 5.10 Å². The molecule has 3 amide bonds. The first-order valence-electron chi connectivity index (χ1n) is 18.8. The molecule has 12 nitrogen and oxygen atoms in total. The summed E-state index contributed by atoms with van der Waals surface area (Å²) in [4.78, 5) is 56.6. The molecule has 3 aromatic heterocycles. The number of carbonyl (C=O) groups is 3. The van der Waals surface area contributed by atoms with Gasteiger partial charge < -0.3 is 14.8 Å². The molecule has 0 radical (unpaired) electrons. The third-order valence-corrected chi connectivity index (χ3v) is 11.2. The van der Waals surface area contributed by atoms with Gasteiger partial charge >= 0.3 is 0 Å². The van der Waals surface area contributed by atoms with Crippen molar-refractivity contribution in [3.63, 3.8) is 0 Å². The molecule has 0 bridgehead atoms. The van der Waals surface area contributed by atoms with Crippen LogP contribution in [0.5, 0.6) is 0 Å². The number of hydrogen-bond acceptors (Lipinski definition) is 8. The van der Waals surface area contributed by atoms with Crippen molar-refractivity contribution >= 4 is 34.6 Å². The number of nitrogens with one attached hydrogen (secondary N) is 3. The number of piperazine rings is 1. The van der Waals surface area contributed by atoms with Crippen LogP contribution in [0.25, 0.3) is 22.3 Å². The van der Waals surface area contributed by atoms with Gasteiger partial charge in [-0.25, -0.2) is 9.97 Å². The second-order valence-electron chi connectivity index (χ2n) is 15.2. The molecule has 6 heterocycles. The van der Waals surface area contributed by atoms with Crippen LogP contribution in [0.2, 0.25) is 0 Å². The summed E-state index contributed by atoms with van der Waals surface area (Å²) in [7, 11) is 0. The van der Waals surface area contributed by atoms with Crippen molar-refractivity contribution < 1.29 is 14.4 Å². The van der Waals surface area contributed by atoms with E-state index in [-0.39, 0.29) is 23.6 Å². The van der Waals surface area contributed by atoms with E-state index in [1.54, 1.807) is 12.4 Å². The topological polar surface area (TPSA) is 143 Å². The van der Waals surface area contributed by atoms with Crippen LogP contribution in [-0.4, -0.2) is 98.5 Å². The van der Waals surface area contributed by atoms with Crippen molar-refractivity contribution in [1.82, 2.24) is 40.3 Å². The number of H-pyrrole nitrogens is 2. The molecule has 0 saturated carbocycles. The van der Waals surface area contributed by atoms with E-state index in [9.17, 15) is 14.4 Å². The van der Waals surface area contributed by atoms with Crippen molar-refractivity contribution in [1.29, 1.82) is 0 Å². The highest BCUT2D eigenvalue weighted by Crippen LogP contribution is 2.38. The number of aromatic amines is 2. The molecule has 4 aromatic rings. The first-order chi connectivity index (χ1) is 24.7. The molecule has 1 unspecified atom stereocenters. The molecule has 3 fully saturated rings. The number of benzene rings is 1. The van der Waals surface area contributed by atoms with Crippen LogP contribution in [0.3, 0.4) is 0 Å². The molecule has 3 saturated heterocycles. The molecular formula is C39H51N9O3. The van der Waals surface area contributed by atoms with E-state index in [0.29, 0.717) is 30.1 Å². The van der Waals surface area contributed by atoms with Crippen LogP contribution in [0.15, 0.2) is 36.7 Å². The second kappa shape index (κ2) is 14.6. The SMILES string of the molecule is CC.CC1(C)CCc2c(-c3cc4ccc(C(=O)N5CCN(CC6CCN(c7ncc(C8CCC(=O)NC8=O)cn7)CC6)CC5)cc4[nH]3)n[nH]c2C1. The van der Waals surface area contributed by atoms with E-state index < -0.39 is 0 Å². The highest BCUT2D eigenvalue weighted by atomic mass is 16.2. The Labute approximate surface area is 299 Å². The van der Waals surface area contributed by atoms with Gasteiger partial charge in [0.1, 0.15) is 5.69 Å². The number of amides is 3. The highest BCUT2D eigenvalue weighted by molar-refractivity contribution is 6.01. The minimum Gasteiger partial charge on any atom is -0.353 e. The molecule has 1 aliphatic carbocycles. The lowest BCUT2D eigenvalue weighted by Crippen LogP contribution is -2.50. The van der Waals surface area contributed by atoms with Gasteiger partial charge in [0, 0.05) is 97.9 Å². The number of hydrogen-bond donors (Lipinski definition) is 3. The van der Waals surface area contributed by atoms with E-state index in [0.717, 1.165) is 111 Å². The van der Waals surface area contributed by atoms with Crippen LogP contribution < -0.4 is 10.2 Å². The fourth-order valence-electron chi connectivity index (χ4n) is 8.14. The number of piperidine rings is 2. The van der Waals surface area contributed by atoms with Gasteiger partial charge in [0.15, 0.2) is 0 Å². The Kier molecular flexibility index (Phi) is 9.96. The van der Waals surface area contributed by atoms with Gasteiger partial charge in [0.05, 0.1) is 11.6 Å². The van der Waals surface area contributed by atoms with E-state index in [1.807, 2.05) is 36.9 Å². The smallest absolute Gasteiger partial charge is 0.254 e. The number of anilines is 1. The van der Waals surface area contributed by atoms with Crippen LogP contribution in [0.4, 0.5) is 5.95 Å². The highest BCUT2D eigenvalue weighted by Gasteiger charge is 2.31. The van der Waals surface area contributed by atoms with Crippen molar-refractivity contribution in [2.75, 3.05) is 50.7 Å². The summed E-state index contributed by atoms with van der Waals surface area (Å²) in [5.74, 6) is 0.533. The summed E-state index contributed by atoms with van der Waals surface area (Å²) in [6.45, 7) is 14.7. The molecule has 12 heteroatoms. The fourth-order valence-corrected chi connectivity index (χ4v) is 8.14. The molecule has 1 aromatic carbocycles. The van der Waals surface area contributed by atoms with Crippen molar-refractivity contribution in [3.8, 4) is 11.4 Å². The van der Waals surface area contributed by atoms with Gasteiger partial charge in [-0.15, -0.1) is 0 Å². The summed E-state index contributed by atoms with van der Waals surface area (Å²) in [6, 6.07) is 8.15. The molecular weight excluding hydrogens is 642 g/mol. The van der Waals surface area contributed by atoms with Crippen molar-refractivity contribution in [2.24, 2.45) is 11.3 Å². The molecule has 4 aliphatic rings. The third-order valence-electron chi connectivity index (χ3n) is 11.2. The number of imide groups is 1. The molecule has 270 valence electrons. The average Bonchev–Trinajstić information content (AvgIpc) is 3.76. The number of nitrogens with zero attached hydrogens (tertiary/aromatic N) is 6. The maximum Gasteiger partial charge on any atom is 0.254 e. The standard InChI is InChI=1S/C37H45N9O3.C2H6/c1-37(2)10-7-28-31(19-37)42-43-33(28)30-17-24-3-4-25(18-29(24)40-30)35(49)45-15-13-44(14-16-45)22-23-8-11-46(12-9-23)36-38-20-26(21-39-36)27-5-6-32(47)41-34(27)48;1-2/h3-4,17-18,20-21,23,27,40H,5-16,19,22H2,1-2H3,(H,42,43)(H,41,47,48);1-2H3. The Morgan fingerprint density at radius 3 is 2.41 bits per heavy atom. The molecule has 1 atom stereocenters. The average molecular weight is 694 g/mol. The zero-order chi connectivity index (χ0) is 35.7. The number of carbonyl (C=O) groups excluding carboxylic acids is 3. The van der Waals surface area contributed by atoms with Crippen molar-refractivity contribution in [3.05, 3.63) is 59.0 Å². The summed E-state index contributed by atoms with van der Waals surface area (Å²) in [5.41, 5.74) is 7.32. The number of rotatable bonds is 6. The first kappa shape index (κ1) is 34.9. The summed E-state index contributed by atoms with van der Waals surface area (Å²) in [5, 5.41) is 11.5. The normalized spacial score (nSPS) is 21.2. The maximum absolute atomic E-state index is 13.6.